The molecule has 0 spiro atoms. The van der Waals surface area contributed by atoms with Gasteiger partial charge in [0.2, 0.25) is 0 Å². The van der Waals surface area contributed by atoms with Gasteiger partial charge in [-0.05, 0) is 37.8 Å². The van der Waals surface area contributed by atoms with Crippen molar-refractivity contribution in [1.82, 2.24) is 5.32 Å². The molecule has 0 aliphatic carbocycles. The first-order chi connectivity index (χ1) is 10.1. The molecule has 0 aliphatic rings. The van der Waals surface area contributed by atoms with E-state index in [4.69, 9.17) is 5.11 Å². The van der Waals surface area contributed by atoms with E-state index < -0.39 is 0 Å². The Kier molecular flexibility index (Phi) is 7.46. The molecular weight excluding hydrogens is 268 g/mol. The van der Waals surface area contributed by atoms with E-state index in [1.807, 2.05) is 0 Å². The molecule has 0 aliphatic heterocycles. The third kappa shape index (κ3) is 6.40. The summed E-state index contributed by atoms with van der Waals surface area (Å²) in [6, 6.07) is 6.54. The monoisotopic (exact) mass is 292 g/mol. The van der Waals surface area contributed by atoms with Crippen molar-refractivity contribution in [3.05, 3.63) is 29.8 Å². The largest absolute Gasteiger partial charge is 0.396 e. The number of carbonyl (C=O) groups excluding carboxylic acids is 2. The lowest BCUT2D eigenvalue weighted by Crippen LogP contribution is -2.33. The normalized spacial score (nSPS) is 11.8. The number of rotatable bonds is 8. The van der Waals surface area contributed by atoms with Gasteiger partial charge in [-0.1, -0.05) is 25.5 Å². The Balaban J connectivity index is 2.49. The minimum atomic E-state index is -0.297. The number of hydrogen-bond acceptors (Lipinski definition) is 3. The molecule has 0 saturated heterocycles. The fraction of sp³-hybridized carbons (Fsp3) is 0.500. The van der Waals surface area contributed by atoms with Crippen LogP contribution in [-0.4, -0.2) is 30.1 Å². The SMILES string of the molecule is CCCC(CCO)CNC(=O)Nc1cccc(C(C)=O)c1. The molecule has 5 nitrogen and oxygen atoms in total. The van der Waals surface area contributed by atoms with Gasteiger partial charge in [-0.15, -0.1) is 0 Å². The van der Waals surface area contributed by atoms with E-state index in [1.54, 1.807) is 24.3 Å². The summed E-state index contributed by atoms with van der Waals surface area (Å²) in [4.78, 5) is 23.1. The first-order valence-electron chi connectivity index (χ1n) is 7.33. The van der Waals surface area contributed by atoms with Gasteiger partial charge in [-0.25, -0.2) is 4.79 Å². The molecule has 1 aromatic rings. The van der Waals surface area contributed by atoms with E-state index in [0.717, 1.165) is 12.8 Å². The highest BCUT2D eigenvalue weighted by atomic mass is 16.3. The smallest absolute Gasteiger partial charge is 0.319 e. The van der Waals surface area contributed by atoms with Gasteiger partial charge in [0.1, 0.15) is 0 Å². The van der Waals surface area contributed by atoms with Crippen molar-refractivity contribution in [1.29, 1.82) is 0 Å². The fourth-order valence-corrected chi connectivity index (χ4v) is 2.17. The van der Waals surface area contributed by atoms with Crippen molar-refractivity contribution in [2.24, 2.45) is 5.92 Å². The molecule has 3 N–H and O–H groups in total. The van der Waals surface area contributed by atoms with Gasteiger partial charge in [0.15, 0.2) is 5.78 Å². The van der Waals surface area contributed by atoms with Gasteiger partial charge in [0.25, 0.3) is 0 Å². The fourth-order valence-electron chi connectivity index (χ4n) is 2.17. The second-order valence-electron chi connectivity index (χ2n) is 5.14. The Morgan fingerprint density at radius 3 is 2.67 bits per heavy atom. The van der Waals surface area contributed by atoms with Crippen LogP contribution in [0.4, 0.5) is 10.5 Å². The Hall–Kier alpha value is -1.88. The average Bonchev–Trinajstić information content (AvgIpc) is 2.45. The Bertz CT molecular complexity index is 468. The molecule has 116 valence electrons. The van der Waals surface area contributed by atoms with E-state index in [2.05, 4.69) is 17.6 Å². The summed E-state index contributed by atoms with van der Waals surface area (Å²) >= 11 is 0. The Morgan fingerprint density at radius 2 is 2.05 bits per heavy atom. The zero-order chi connectivity index (χ0) is 15.7. The van der Waals surface area contributed by atoms with E-state index in [-0.39, 0.29) is 24.3 Å². The summed E-state index contributed by atoms with van der Waals surface area (Å²) < 4.78 is 0. The number of hydrogen-bond donors (Lipinski definition) is 3. The summed E-state index contributed by atoms with van der Waals surface area (Å²) in [5.41, 5.74) is 1.16. The summed E-state index contributed by atoms with van der Waals surface area (Å²) in [6.07, 6.45) is 2.68. The zero-order valence-corrected chi connectivity index (χ0v) is 12.7. The minimum Gasteiger partial charge on any atom is -0.396 e. The van der Waals surface area contributed by atoms with Crippen molar-refractivity contribution in [3.63, 3.8) is 0 Å². The lowest BCUT2D eigenvalue weighted by atomic mass is 10.0. The van der Waals surface area contributed by atoms with Gasteiger partial charge < -0.3 is 15.7 Å². The van der Waals surface area contributed by atoms with Crippen molar-refractivity contribution < 1.29 is 14.7 Å². The summed E-state index contributed by atoms with van der Waals surface area (Å²) in [5, 5.41) is 14.5. The molecule has 0 aromatic heterocycles. The van der Waals surface area contributed by atoms with E-state index in [0.29, 0.717) is 24.2 Å². The molecule has 5 heteroatoms. The maximum absolute atomic E-state index is 11.8. The van der Waals surface area contributed by atoms with Crippen molar-refractivity contribution >= 4 is 17.5 Å². The van der Waals surface area contributed by atoms with Crippen LogP contribution in [0.1, 0.15) is 43.5 Å². The van der Waals surface area contributed by atoms with Crippen LogP contribution in [0.2, 0.25) is 0 Å². The highest BCUT2D eigenvalue weighted by Gasteiger charge is 2.10. The molecule has 0 heterocycles. The van der Waals surface area contributed by atoms with E-state index in [1.165, 1.54) is 6.92 Å². The predicted molar refractivity (Wildman–Crippen MR) is 83.6 cm³/mol. The molecule has 1 atom stereocenters. The molecule has 0 fully saturated rings. The summed E-state index contributed by atoms with van der Waals surface area (Å²) in [6.45, 7) is 4.24. The first-order valence-corrected chi connectivity index (χ1v) is 7.33. The number of carbonyl (C=O) groups is 2. The predicted octanol–water partition coefficient (Wildman–Crippen LogP) is 2.81. The standard InChI is InChI=1S/C16H24N2O3/c1-3-5-13(8-9-19)11-17-16(21)18-15-7-4-6-14(10-15)12(2)20/h4,6-7,10,13,19H,3,5,8-9,11H2,1-2H3,(H2,17,18,21). The maximum atomic E-state index is 11.8. The second kappa shape index (κ2) is 9.13. The molecule has 21 heavy (non-hydrogen) atoms. The van der Waals surface area contributed by atoms with Gasteiger partial charge in [0.05, 0.1) is 0 Å². The highest BCUT2D eigenvalue weighted by molar-refractivity contribution is 5.96. The topological polar surface area (TPSA) is 78.4 Å². The third-order valence-corrected chi connectivity index (χ3v) is 3.31. The van der Waals surface area contributed by atoms with Crippen LogP contribution in [0.5, 0.6) is 0 Å². The molecule has 1 aromatic carbocycles. The van der Waals surface area contributed by atoms with Gasteiger partial charge in [0, 0.05) is 24.4 Å². The number of nitrogens with one attached hydrogen (secondary N) is 2. The number of Topliss-reactive ketones (excluding diaryl/α,β-unsaturated/α-hetero) is 1. The molecule has 1 unspecified atom stereocenters. The van der Waals surface area contributed by atoms with Gasteiger partial charge in [-0.3, -0.25) is 4.79 Å². The number of ketones is 1. The van der Waals surface area contributed by atoms with Gasteiger partial charge >= 0.3 is 6.03 Å². The number of amides is 2. The number of benzene rings is 1. The number of aliphatic hydroxyl groups is 1. The van der Waals surface area contributed by atoms with Crippen molar-refractivity contribution in [2.75, 3.05) is 18.5 Å². The number of anilines is 1. The van der Waals surface area contributed by atoms with Gasteiger partial charge in [-0.2, -0.15) is 0 Å². The maximum Gasteiger partial charge on any atom is 0.319 e. The third-order valence-electron chi connectivity index (χ3n) is 3.31. The van der Waals surface area contributed by atoms with Crippen LogP contribution in [0.25, 0.3) is 0 Å². The van der Waals surface area contributed by atoms with Crippen LogP contribution in [0, 0.1) is 5.92 Å². The lowest BCUT2D eigenvalue weighted by Gasteiger charge is -2.16. The Labute approximate surface area is 125 Å². The van der Waals surface area contributed by atoms with E-state index >= 15 is 0 Å². The minimum absolute atomic E-state index is 0.0370. The molecule has 0 saturated carbocycles. The zero-order valence-electron chi connectivity index (χ0n) is 12.7. The molecule has 2 amide bonds. The second-order valence-corrected chi connectivity index (χ2v) is 5.14. The number of aliphatic hydroxyl groups excluding tert-OH is 1. The van der Waals surface area contributed by atoms with Crippen LogP contribution in [0.3, 0.4) is 0 Å². The van der Waals surface area contributed by atoms with Crippen LogP contribution in [0.15, 0.2) is 24.3 Å². The average molecular weight is 292 g/mol. The summed E-state index contributed by atoms with van der Waals surface area (Å²) in [7, 11) is 0. The van der Waals surface area contributed by atoms with Crippen molar-refractivity contribution in [3.8, 4) is 0 Å². The quantitative estimate of drug-likeness (QED) is 0.645. The number of urea groups is 1. The first kappa shape index (κ1) is 17.2. The summed E-state index contributed by atoms with van der Waals surface area (Å²) in [5.74, 6) is 0.249. The van der Waals surface area contributed by atoms with Crippen LogP contribution >= 0.6 is 0 Å². The highest BCUT2D eigenvalue weighted by Crippen LogP contribution is 2.12. The molecular formula is C16H24N2O3. The molecule has 1 rings (SSSR count). The van der Waals surface area contributed by atoms with E-state index in [9.17, 15) is 9.59 Å². The Morgan fingerprint density at radius 1 is 1.29 bits per heavy atom. The van der Waals surface area contributed by atoms with Crippen LogP contribution < -0.4 is 10.6 Å². The lowest BCUT2D eigenvalue weighted by molar-refractivity contribution is 0.101. The van der Waals surface area contributed by atoms with Crippen LogP contribution in [-0.2, 0) is 0 Å². The molecule has 0 radical (unpaired) electrons. The van der Waals surface area contributed by atoms with Crippen molar-refractivity contribution in [2.45, 2.75) is 33.1 Å². The molecule has 0 bridgehead atoms.